The normalized spacial score (nSPS) is 23.9. The van der Waals surface area contributed by atoms with Gasteiger partial charge in [0.2, 0.25) is 0 Å². The maximum Gasteiger partial charge on any atom is 0.303 e. The van der Waals surface area contributed by atoms with Crippen LogP contribution in [0.3, 0.4) is 0 Å². The molecule has 0 bridgehead atoms. The molecular weight excluding hydrogens is 204 g/mol. The summed E-state index contributed by atoms with van der Waals surface area (Å²) < 4.78 is 25.2. The fourth-order valence-corrected chi connectivity index (χ4v) is 1.41. The number of aliphatic carboxylic acids is 1. The molecule has 0 spiro atoms. The second kappa shape index (κ2) is 6.71. The maximum absolute atomic E-state index is 12.6. The van der Waals surface area contributed by atoms with Gasteiger partial charge in [-0.05, 0) is 12.8 Å². The summed E-state index contributed by atoms with van der Waals surface area (Å²) in [7, 11) is 0. The average Bonchev–Trinajstić information content (AvgIpc) is 2.19. The number of nitrogens with one attached hydrogen (secondary N) is 1. The third-order valence-electron chi connectivity index (χ3n) is 2.21. The Hall–Kier alpha value is -0.710. The van der Waals surface area contributed by atoms with Crippen LogP contribution in [0.2, 0.25) is 0 Å². The molecule has 2 N–H and O–H groups in total. The number of hydrogen-bond acceptors (Lipinski definition) is 2. The molecule has 1 aliphatic heterocycles. The summed E-state index contributed by atoms with van der Waals surface area (Å²) in [6.07, 6.45) is 0.708. The number of piperidine rings is 1. The molecule has 1 atom stereocenters. The predicted molar refractivity (Wildman–Crippen MR) is 54.2 cm³/mol. The molecule has 5 heteroatoms. The van der Waals surface area contributed by atoms with Gasteiger partial charge in [-0.3, -0.25) is 4.79 Å². The van der Waals surface area contributed by atoms with Crippen LogP contribution in [0, 0.1) is 0 Å². The minimum absolute atomic E-state index is 0.0449. The zero-order valence-corrected chi connectivity index (χ0v) is 9.22. The molecule has 1 heterocycles. The Morgan fingerprint density at radius 1 is 1.53 bits per heavy atom. The molecule has 0 saturated carbocycles. The molecule has 0 aromatic rings. The average molecular weight is 223 g/mol. The monoisotopic (exact) mass is 223 g/mol. The molecule has 0 amide bonds. The van der Waals surface area contributed by atoms with Crippen molar-refractivity contribution in [2.24, 2.45) is 0 Å². The first-order valence-electron chi connectivity index (χ1n) is 5.33. The molecular formula is C10H19F2NO2. The standard InChI is InChI=1S/C8H13F2NO2.C2H6/c9-8(10)4-3-6(11-5-8)1-2-7(12)13;1-2/h6,11H,1-5H2,(H,12,13);1-2H3. The van der Waals surface area contributed by atoms with Gasteiger partial charge in [0.15, 0.2) is 0 Å². The summed E-state index contributed by atoms with van der Waals surface area (Å²) in [5.41, 5.74) is 0. The van der Waals surface area contributed by atoms with E-state index in [0.717, 1.165) is 0 Å². The van der Waals surface area contributed by atoms with Crippen molar-refractivity contribution in [1.82, 2.24) is 5.32 Å². The fourth-order valence-electron chi connectivity index (χ4n) is 1.41. The Morgan fingerprint density at radius 3 is 2.53 bits per heavy atom. The van der Waals surface area contributed by atoms with Gasteiger partial charge in [-0.1, -0.05) is 13.8 Å². The van der Waals surface area contributed by atoms with Crippen LogP contribution in [0.15, 0.2) is 0 Å². The molecule has 0 aliphatic carbocycles. The van der Waals surface area contributed by atoms with E-state index in [4.69, 9.17) is 5.11 Å². The van der Waals surface area contributed by atoms with Crippen molar-refractivity contribution in [1.29, 1.82) is 0 Å². The third-order valence-corrected chi connectivity index (χ3v) is 2.21. The van der Waals surface area contributed by atoms with Crippen molar-refractivity contribution >= 4 is 5.97 Å². The first-order valence-corrected chi connectivity index (χ1v) is 5.33. The highest BCUT2D eigenvalue weighted by Gasteiger charge is 2.34. The number of carboxylic acids is 1. The van der Waals surface area contributed by atoms with E-state index in [2.05, 4.69) is 5.32 Å². The van der Waals surface area contributed by atoms with E-state index in [1.807, 2.05) is 13.8 Å². The second-order valence-corrected chi connectivity index (χ2v) is 3.40. The molecule has 3 nitrogen and oxygen atoms in total. The topological polar surface area (TPSA) is 49.3 Å². The van der Waals surface area contributed by atoms with Gasteiger partial charge in [0.1, 0.15) is 0 Å². The lowest BCUT2D eigenvalue weighted by atomic mass is 9.98. The summed E-state index contributed by atoms with van der Waals surface area (Å²) in [4.78, 5) is 10.2. The molecule has 1 fully saturated rings. The van der Waals surface area contributed by atoms with Gasteiger partial charge in [0.25, 0.3) is 5.92 Å². The first-order chi connectivity index (χ1) is 6.99. The Balaban J connectivity index is 0.000000921. The van der Waals surface area contributed by atoms with Gasteiger partial charge in [-0.25, -0.2) is 8.78 Å². The van der Waals surface area contributed by atoms with E-state index in [9.17, 15) is 13.6 Å². The van der Waals surface area contributed by atoms with Crippen molar-refractivity contribution in [2.75, 3.05) is 6.54 Å². The van der Waals surface area contributed by atoms with Crippen LogP contribution >= 0.6 is 0 Å². The Kier molecular flexibility index (Phi) is 6.40. The largest absolute Gasteiger partial charge is 0.481 e. The fraction of sp³-hybridized carbons (Fsp3) is 0.900. The lowest BCUT2D eigenvalue weighted by molar-refractivity contribution is -0.137. The van der Waals surface area contributed by atoms with Gasteiger partial charge < -0.3 is 10.4 Å². The molecule has 1 unspecified atom stereocenters. The smallest absolute Gasteiger partial charge is 0.303 e. The lowest BCUT2D eigenvalue weighted by Gasteiger charge is -2.29. The first kappa shape index (κ1) is 14.3. The van der Waals surface area contributed by atoms with Crippen molar-refractivity contribution in [3.05, 3.63) is 0 Å². The van der Waals surface area contributed by atoms with E-state index in [1.54, 1.807) is 0 Å². The van der Waals surface area contributed by atoms with Crippen LogP contribution in [0.4, 0.5) is 8.78 Å². The number of carboxylic acid groups (broad SMARTS) is 1. The highest BCUT2D eigenvalue weighted by atomic mass is 19.3. The number of halogens is 2. The van der Waals surface area contributed by atoms with Gasteiger partial charge in [-0.15, -0.1) is 0 Å². The number of carbonyl (C=O) groups is 1. The molecule has 1 aliphatic rings. The molecule has 0 aromatic carbocycles. The van der Waals surface area contributed by atoms with Crippen LogP contribution < -0.4 is 5.32 Å². The van der Waals surface area contributed by atoms with Crippen molar-refractivity contribution < 1.29 is 18.7 Å². The number of alkyl halides is 2. The summed E-state index contributed by atoms with van der Waals surface area (Å²) in [6.45, 7) is 3.68. The lowest BCUT2D eigenvalue weighted by Crippen LogP contribution is -2.45. The predicted octanol–water partition coefficient (Wildman–Crippen LogP) is 2.26. The Labute approximate surface area is 88.9 Å². The molecule has 1 saturated heterocycles. The van der Waals surface area contributed by atoms with Crippen LogP contribution in [-0.4, -0.2) is 29.6 Å². The zero-order valence-electron chi connectivity index (χ0n) is 9.22. The second-order valence-electron chi connectivity index (χ2n) is 3.40. The van der Waals surface area contributed by atoms with E-state index < -0.39 is 11.9 Å². The van der Waals surface area contributed by atoms with E-state index in [-0.39, 0.29) is 25.4 Å². The number of hydrogen-bond donors (Lipinski definition) is 2. The summed E-state index contributed by atoms with van der Waals surface area (Å²) in [5, 5.41) is 11.0. The van der Waals surface area contributed by atoms with Gasteiger partial charge in [0.05, 0.1) is 6.54 Å². The van der Waals surface area contributed by atoms with E-state index in [0.29, 0.717) is 12.8 Å². The SMILES string of the molecule is CC.O=C(O)CCC1CCC(F)(F)CN1. The zero-order chi connectivity index (χ0) is 11.9. The minimum Gasteiger partial charge on any atom is -0.481 e. The van der Waals surface area contributed by atoms with Gasteiger partial charge in [0, 0.05) is 18.9 Å². The van der Waals surface area contributed by atoms with Gasteiger partial charge >= 0.3 is 5.97 Å². The minimum atomic E-state index is -2.61. The molecule has 0 aromatic heterocycles. The van der Waals surface area contributed by atoms with Crippen LogP contribution in [-0.2, 0) is 4.79 Å². The highest BCUT2D eigenvalue weighted by Crippen LogP contribution is 2.25. The highest BCUT2D eigenvalue weighted by molar-refractivity contribution is 5.66. The van der Waals surface area contributed by atoms with E-state index in [1.165, 1.54) is 0 Å². The summed E-state index contributed by atoms with van der Waals surface area (Å²) in [6, 6.07) is -0.0595. The van der Waals surface area contributed by atoms with Crippen LogP contribution in [0.25, 0.3) is 0 Å². The quantitative estimate of drug-likeness (QED) is 0.771. The molecule has 1 rings (SSSR count). The summed E-state index contributed by atoms with van der Waals surface area (Å²) >= 11 is 0. The number of rotatable bonds is 3. The van der Waals surface area contributed by atoms with Crippen molar-refractivity contribution in [2.45, 2.75) is 51.5 Å². The van der Waals surface area contributed by atoms with Gasteiger partial charge in [-0.2, -0.15) is 0 Å². The molecule has 90 valence electrons. The van der Waals surface area contributed by atoms with E-state index >= 15 is 0 Å². The van der Waals surface area contributed by atoms with Crippen molar-refractivity contribution in [3.63, 3.8) is 0 Å². The maximum atomic E-state index is 12.6. The molecule has 15 heavy (non-hydrogen) atoms. The van der Waals surface area contributed by atoms with Crippen LogP contribution in [0.1, 0.15) is 39.5 Å². The Bertz CT molecular complexity index is 188. The molecule has 0 radical (unpaired) electrons. The third kappa shape index (κ3) is 6.38. The summed E-state index contributed by atoms with van der Waals surface area (Å²) in [5.74, 6) is -3.49. The van der Waals surface area contributed by atoms with Crippen molar-refractivity contribution in [3.8, 4) is 0 Å². The van der Waals surface area contributed by atoms with Crippen LogP contribution in [0.5, 0.6) is 0 Å². The Morgan fingerprint density at radius 2 is 2.13 bits per heavy atom.